The second-order valence-electron chi connectivity index (χ2n) is 4.68. The Bertz CT molecular complexity index is 766. The van der Waals surface area contributed by atoms with Crippen molar-refractivity contribution >= 4 is 58.2 Å². The zero-order chi connectivity index (χ0) is 17.0. The minimum Gasteiger partial charge on any atom is -0.326 e. The summed E-state index contributed by atoms with van der Waals surface area (Å²) < 4.78 is 0. The molecule has 0 spiro atoms. The van der Waals surface area contributed by atoms with Crippen LogP contribution in [-0.4, -0.2) is 18.1 Å². The van der Waals surface area contributed by atoms with Gasteiger partial charge in [0.15, 0.2) is 0 Å². The number of nitrogens with one attached hydrogen (secondary N) is 2. The van der Waals surface area contributed by atoms with Gasteiger partial charge in [-0.2, -0.15) is 0 Å². The van der Waals surface area contributed by atoms with Gasteiger partial charge in [0.2, 0.25) is 5.91 Å². The van der Waals surface area contributed by atoms with Crippen LogP contribution in [0.1, 0.15) is 17.3 Å². The van der Waals surface area contributed by atoms with Crippen molar-refractivity contribution in [3.8, 4) is 0 Å². The maximum absolute atomic E-state index is 12.4. The Morgan fingerprint density at radius 2 is 1.70 bits per heavy atom. The minimum atomic E-state index is -0.368. The van der Waals surface area contributed by atoms with E-state index in [-0.39, 0.29) is 11.8 Å². The Morgan fingerprint density at radius 1 is 1.00 bits per heavy atom. The molecule has 2 N–H and O–H groups in total. The predicted octanol–water partition coefficient (Wildman–Crippen LogP) is 4.93. The monoisotopic (exact) mass is 368 g/mol. The van der Waals surface area contributed by atoms with E-state index in [1.54, 1.807) is 30.3 Å². The largest absolute Gasteiger partial charge is 0.326 e. The molecule has 0 heterocycles. The molecular weight excluding hydrogens is 355 g/mol. The molecule has 0 saturated heterocycles. The molecule has 0 saturated carbocycles. The first-order valence-corrected chi connectivity index (χ1v) is 8.61. The van der Waals surface area contributed by atoms with Gasteiger partial charge in [0.25, 0.3) is 5.91 Å². The first-order chi connectivity index (χ1) is 10.9. The summed E-state index contributed by atoms with van der Waals surface area (Å²) in [6, 6.07) is 10.1. The lowest BCUT2D eigenvalue weighted by Crippen LogP contribution is -2.13. The second-order valence-corrected chi connectivity index (χ2v) is 6.37. The molecule has 0 aromatic heterocycles. The zero-order valence-corrected chi connectivity index (χ0v) is 14.8. The number of carbonyl (C=O) groups excluding carboxylic acids is 2. The van der Waals surface area contributed by atoms with E-state index in [9.17, 15) is 9.59 Å². The number of rotatable bonds is 4. The number of benzene rings is 2. The summed E-state index contributed by atoms with van der Waals surface area (Å²) in [5.41, 5.74) is 1.30. The highest BCUT2D eigenvalue weighted by Gasteiger charge is 2.13. The van der Waals surface area contributed by atoms with Crippen molar-refractivity contribution in [2.75, 3.05) is 16.9 Å². The van der Waals surface area contributed by atoms with Gasteiger partial charge in [0.05, 0.1) is 21.3 Å². The number of hydrogen-bond acceptors (Lipinski definition) is 3. The summed E-state index contributed by atoms with van der Waals surface area (Å²) in [6.45, 7) is 1.40. The molecular formula is C16H14Cl2N2O2S. The standard InChI is InChI=1S/C16H14Cl2N2O2S/c1-9(21)19-10-3-5-14(18)15(7-10)20-16(22)12-8-11(23-2)4-6-13(12)17/h3-8H,1-2H3,(H,19,21)(H,20,22). The maximum atomic E-state index is 12.4. The molecule has 2 rings (SSSR count). The van der Waals surface area contributed by atoms with Gasteiger partial charge in [-0.15, -0.1) is 11.8 Å². The van der Waals surface area contributed by atoms with Crippen molar-refractivity contribution < 1.29 is 9.59 Å². The lowest BCUT2D eigenvalue weighted by molar-refractivity contribution is -0.114. The summed E-state index contributed by atoms with van der Waals surface area (Å²) in [5.74, 6) is -0.576. The first-order valence-electron chi connectivity index (χ1n) is 6.62. The average molecular weight is 369 g/mol. The molecule has 7 heteroatoms. The van der Waals surface area contributed by atoms with Gasteiger partial charge in [0, 0.05) is 17.5 Å². The molecule has 2 aromatic rings. The van der Waals surface area contributed by atoms with Gasteiger partial charge in [-0.05, 0) is 42.7 Å². The van der Waals surface area contributed by atoms with Crippen LogP contribution in [0.5, 0.6) is 0 Å². The molecule has 120 valence electrons. The van der Waals surface area contributed by atoms with Gasteiger partial charge >= 0.3 is 0 Å². The molecule has 0 unspecified atom stereocenters. The number of hydrogen-bond donors (Lipinski definition) is 2. The Labute approximate surface area is 148 Å². The van der Waals surface area contributed by atoms with Crippen LogP contribution in [0.3, 0.4) is 0 Å². The number of halogens is 2. The predicted molar refractivity (Wildman–Crippen MR) is 96.9 cm³/mol. The van der Waals surface area contributed by atoms with Crippen LogP contribution in [0.4, 0.5) is 11.4 Å². The van der Waals surface area contributed by atoms with E-state index in [4.69, 9.17) is 23.2 Å². The van der Waals surface area contributed by atoms with Crippen LogP contribution < -0.4 is 10.6 Å². The van der Waals surface area contributed by atoms with Crippen LogP contribution in [0, 0.1) is 0 Å². The summed E-state index contributed by atoms with van der Waals surface area (Å²) in [5, 5.41) is 6.07. The fraction of sp³-hybridized carbons (Fsp3) is 0.125. The lowest BCUT2D eigenvalue weighted by Gasteiger charge is -2.11. The Morgan fingerprint density at radius 3 is 2.35 bits per heavy atom. The van der Waals surface area contributed by atoms with Crippen molar-refractivity contribution in [3.63, 3.8) is 0 Å². The smallest absolute Gasteiger partial charge is 0.257 e. The third-order valence-electron chi connectivity index (χ3n) is 2.95. The Balaban J connectivity index is 2.28. The van der Waals surface area contributed by atoms with E-state index < -0.39 is 0 Å². The maximum Gasteiger partial charge on any atom is 0.257 e. The number of thioether (sulfide) groups is 1. The highest BCUT2D eigenvalue weighted by molar-refractivity contribution is 7.98. The molecule has 0 fully saturated rings. The number of anilines is 2. The van der Waals surface area contributed by atoms with E-state index >= 15 is 0 Å². The summed E-state index contributed by atoms with van der Waals surface area (Å²) in [4.78, 5) is 24.5. The molecule has 0 radical (unpaired) electrons. The molecule has 0 aliphatic heterocycles. The van der Waals surface area contributed by atoms with Crippen molar-refractivity contribution in [1.82, 2.24) is 0 Å². The molecule has 2 aromatic carbocycles. The van der Waals surface area contributed by atoms with Gasteiger partial charge < -0.3 is 10.6 Å². The molecule has 0 aliphatic rings. The van der Waals surface area contributed by atoms with E-state index in [0.717, 1.165) is 4.90 Å². The SMILES string of the molecule is CSc1ccc(Cl)c(C(=O)Nc2cc(NC(C)=O)ccc2Cl)c1. The minimum absolute atomic E-state index is 0.208. The van der Waals surface area contributed by atoms with E-state index in [1.807, 2.05) is 12.3 Å². The summed E-state index contributed by atoms with van der Waals surface area (Å²) >= 11 is 13.7. The van der Waals surface area contributed by atoms with E-state index in [1.165, 1.54) is 18.7 Å². The fourth-order valence-electron chi connectivity index (χ4n) is 1.90. The Kier molecular flexibility index (Phi) is 5.93. The highest BCUT2D eigenvalue weighted by Crippen LogP contribution is 2.28. The topological polar surface area (TPSA) is 58.2 Å². The normalized spacial score (nSPS) is 10.3. The van der Waals surface area contributed by atoms with Crippen molar-refractivity contribution in [1.29, 1.82) is 0 Å². The van der Waals surface area contributed by atoms with Gasteiger partial charge in [-0.3, -0.25) is 9.59 Å². The van der Waals surface area contributed by atoms with Gasteiger partial charge in [0.1, 0.15) is 0 Å². The number of amides is 2. The first kappa shape index (κ1) is 17.7. The van der Waals surface area contributed by atoms with Crippen LogP contribution in [0.2, 0.25) is 10.0 Å². The van der Waals surface area contributed by atoms with Crippen LogP contribution in [-0.2, 0) is 4.79 Å². The third kappa shape index (κ3) is 4.64. The van der Waals surface area contributed by atoms with E-state index in [2.05, 4.69) is 10.6 Å². The molecule has 0 bridgehead atoms. The highest BCUT2D eigenvalue weighted by atomic mass is 35.5. The average Bonchev–Trinajstić information content (AvgIpc) is 2.50. The van der Waals surface area contributed by atoms with E-state index in [0.29, 0.717) is 27.0 Å². The Hall–Kier alpha value is -1.69. The molecule has 4 nitrogen and oxygen atoms in total. The lowest BCUT2D eigenvalue weighted by atomic mass is 10.2. The van der Waals surface area contributed by atoms with Crippen molar-refractivity contribution in [3.05, 3.63) is 52.0 Å². The van der Waals surface area contributed by atoms with Crippen molar-refractivity contribution in [2.24, 2.45) is 0 Å². The fourth-order valence-corrected chi connectivity index (χ4v) is 2.71. The van der Waals surface area contributed by atoms with Crippen molar-refractivity contribution in [2.45, 2.75) is 11.8 Å². The summed E-state index contributed by atoms with van der Waals surface area (Å²) in [6.07, 6.45) is 1.92. The van der Waals surface area contributed by atoms with Crippen LogP contribution in [0.15, 0.2) is 41.3 Å². The molecule has 0 aliphatic carbocycles. The van der Waals surface area contributed by atoms with Gasteiger partial charge in [-0.25, -0.2) is 0 Å². The number of carbonyl (C=O) groups is 2. The quantitative estimate of drug-likeness (QED) is 0.752. The molecule has 23 heavy (non-hydrogen) atoms. The second kappa shape index (κ2) is 7.73. The molecule has 2 amide bonds. The van der Waals surface area contributed by atoms with Crippen LogP contribution >= 0.6 is 35.0 Å². The molecule has 0 atom stereocenters. The van der Waals surface area contributed by atoms with Crippen LogP contribution in [0.25, 0.3) is 0 Å². The zero-order valence-electron chi connectivity index (χ0n) is 12.4. The van der Waals surface area contributed by atoms with Gasteiger partial charge in [-0.1, -0.05) is 23.2 Å². The third-order valence-corrected chi connectivity index (χ3v) is 4.34. The summed E-state index contributed by atoms with van der Waals surface area (Å²) in [7, 11) is 0.